The van der Waals surface area contributed by atoms with Crippen LogP contribution in [0.1, 0.15) is 10.4 Å². The minimum absolute atomic E-state index is 0. The Kier molecular flexibility index (Phi) is 6.87. The van der Waals surface area contributed by atoms with Gasteiger partial charge in [0.2, 0.25) is 0 Å². The number of aromatic carboxylic acids is 1. The molecule has 0 aliphatic rings. The summed E-state index contributed by atoms with van der Waals surface area (Å²) < 4.78 is 0. The van der Waals surface area contributed by atoms with Crippen LogP contribution in [0.2, 0.25) is 0 Å². The zero-order chi connectivity index (χ0) is 16.1. The molecule has 1 aromatic heterocycles. The maximum Gasteiger partial charge on any atom is 0.339 e. The number of pyridine rings is 1. The summed E-state index contributed by atoms with van der Waals surface area (Å²) in [5.74, 6) is -0.666. The molecule has 3 rings (SSSR count). The number of rotatable bonds is 5. The molecule has 0 saturated carbocycles. The van der Waals surface area contributed by atoms with Crippen LogP contribution < -0.4 is 5.32 Å². The third-order valence-corrected chi connectivity index (χ3v) is 4.15. The summed E-state index contributed by atoms with van der Waals surface area (Å²) in [5.41, 5.74) is 0.943. The van der Waals surface area contributed by atoms with E-state index in [4.69, 9.17) is 5.11 Å². The van der Waals surface area contributed by atoms with Crippen molar-refractivity contribution in [2.75, 3.05) is 5.32 Å². The van der Waals surface area contributed by atoms with Gasteiger partial charge in [-0.05, 0) is 48.5 Å². The molecule has 2 aromatic carbocycles. The van der Waals surface area contributed by atoms with Crippen LogP contribution in [0.3, 0.4) is 0 Å². The van der Waals surface area contributed by atoms with E-state index in [0.717, 1.165) is 10.6 Å². The van der Waals surface area contributed by atoms with Crippen molar-refractivity contribution in [3.8, 4) is 0 Å². The van der Waals surface area contributed by atoms with Crippen LogP contribution in [0.15, 0.2) is 82.7 Å². The van der Waals surface area contributed by atoms with Crippen molar-refractivity contribution in [2.45, 2.75) is 9.79 Å². The number of nitrogens with one attached hydrogen (secondary N) is 1. The van der Waals surface area contributed by atoms with E-state index in [1.165, 1.54) is 11.0 Å². The van der Waals surface area contributed by atoms with Crippen LogP contribution in [-0.2, 0) is 0 Å². The normalized spacial score (nSPS) is 9.83. The third-order valence-electron chi connectivity index (χ3n) is 3.13. The zero-order valence-corrected chi connectivity index (χ0v) is 16.0. The van der Waals surface area contributed by atoms with Gasteiger partial charge in [-0.1, -0.05) is 30.0 Å². The van der Waals surface area contributed by atoms with Gasteiger partial charge in [0.25, 0.3) is 0 Å². The van der Waals surface area contributed by atoms with E-state index >= 15 is 0 Å². The molecule has 0 saturated heterocycles. The molecule has 2 N–H and O–H groups in total. The number of carbonyl (C=O) groups is 1. The maximum atomic E-state index is 11.2. The van der Waals surface area contributed by atoms with Gasteiger partial charge >= 0.3 is 5.97 Å². The van der Waals surface area contributed by atoms with Gasteiger partial charge in [0.15, 0.2) is 0 Å². The van der Waals surface area contributed by atoms with Crippen molar-refractivity contribution in [3.63, 3.8) is 0 Å². The van der Waals surface area contributed by atoms with E-state index in [1.54, 1.807) is 24.0 Å². The molecule has 0 fully saturated rings. The topological polar surface area (TPSA) is 62.2 Å². The number of aromatic nitrogens is 1. The largest absolute Gasteiger partial charge is 0.478 e. The van der Waals surface area contributed by atoms with Crippen LogP contribution in [0.25, 0.3) is 0 Å². The first-order chi connectivity index (χ1) is 11.2. The Bertz CT molecular complexity index is 811. The predicted octanol–water partition coefficient (Wildman–Crippen LogP) is 4.29. The molecule has 115 valence electrons. The van der Waals surface area contributed by atoms with Gasteiger partial charge in [0.1, 0.15) is 11.4 Å². The minimum atomic E-state index is -1.00. The SMILES string of the molecule is O=C(O)c1cccnc1Nc1ccc(Sc2ccccc2)cc1.[Na]. The molecule has 4 nitrogen and oxygen atoms in total. The van der Waals surface area contributed by atoms with E-state index in [0.29, 0.717) is 5.82 Å². The molecular weight excluding hydrogens is 331 g/mol. The molecule has 3 aromatic rings. The Labute approximate surface area is 166 Å². The van der Waals surface area contributed by atoms with Gasteiger partial charge in [0.05, 0.1) is 0 Å². The molecule has 0 unspecified atom stereocenters. The van der Waals surface area contributed by atoms with Crippen molar-refractivity contribution in [1.82, 2.24) is 4.98 Å². The van der Waals surface area contributed by atoms with Gasteiger partial charge in [-0.25, -0.2) is 9.78 Å². The van der Waals surface area contributed by atoms with Crippen molar-refractivity contribution in [1.29, 1.82) is 0 Å². The number of carboxylic acids is 1. The molecule has 1 heterocycles. The fourth-order valence-electron chi connectivity index (χ4n) is 2.05. The fraction of sp³-hybridized carbons (Fsp3) is 0. The summed E-state index contributed by atoms with van der Waals surface area (Å²) in [6.45, 7) is 0. The van der Waals surface area contributed by atoms with Gasteiger partial charge in [-0.15, -0.1) is 0 Å². The monoisotopic (exact) mass is 345 g/mol. The molecule has 0 aliphatic carbocycles. The molecule has 0 spiro atoms. The van der Waals surface area contributed by atoms with Gasteiger partial charge < -0.3 is 10.4 Å². The maximum absolute atomic E-state index is 11.2. The average molecular weight is 345 g/mol. The van der Waals surface area contributed by atoms with Crippen molar-refractivity contribution < 1.29 is 9.90 Å². The molecule has 0 atom stereocenters. The molecule has 1 radical (unpaired) electrons. The number of hydrogen-bond donors (Lipinski definition) is 2. The van der Waals surface area contributed by atoms with E-state index in [2.05, 4.69) is 22.4 Å². The van der Waals surface area contributed by atoms with E-state index in [9.17, 15) is 4.79 Å². The van der Waals surface area contributed by atoms with E-state index < -0.39 is 5.97 Å². The fourth-order valence-corrected chi connectivity index (χ4v) is 2.88. The van der Waals surface area contributed by atoms with E-state index in [1.807, 2.05) is 42.5 Å². The molecular formula is C18H14N2NaO2S. The smallest absolute Gasteiger partial charge is 0.339 e. The standard InChI is InChI=1S/C18H14N2O2S.Na/c21-18(22)16-7-4-12-19-17(16)20-13-8-10-15(11-9-13)23-14-5-2-1-3-6-14;/h1-12H,(H,19,20)(H,21,22);. The van der Waals surface area contributed by atoms with Crippen LogP contribution in [0, 0.1) is 0 Å². The summed E-state index contributed by atoms with van der Waals surface area (Å²) in [7, 11) is 0. The van der Waals surface area contributed by atoms with Crippen molar-refractivity contribution in [3.05, 3.63) is 78.5 Å². The summed E-state index contributed by atoms with van der Waals surface area (Å²) in [5, 5.41) is 12.2. The summed E-state index contributed by atoms with van der Waals surface area (Å²) in [4.78, 5) is 17.6. The number of carboxylic acid groups (broad SMARTS) is 1. The zero-order valence-electron chi connectivity index (χ0n) is 13.1. The number of nitrogens with zero attached hydrogens (tertiary/aromatic N) is 1. The first-order valence-electron chi connectivity index (χ1n) is 7.01. The second kappa shape index (κ2) is 8.89. The van der Waals surface area contributed by atoms with Gasteiger partial charge in [-0.3, -0.25) is 0 Å². The average Bonchev–Trinajstić information content (AvgIpc) is 2.58. The van der Waals surface area contributed by atoms with E-state index in [-0.39, 0.29) is 35.1 Å². The molecule has 0 aliphatic heterocycles. The Balaban J connectivity index is 0.00000208. The summed E-state index contributed by atoms with van der Waals surface area (Å²) in [6, 6.07) is 21.0. The van der Waals surface area contributed by atoms with Crippen molar-refractivity contribution >= 4 is 58.8 Å². The van der Waals surface area contributed by atoms with Crippen molar-refractivity contribution in [2.24, 2.45) is 0 Å². The molecule has 0 amide bonds. The van der Waals surface area contributed by atoms with Crippen LogP contribution in [0.4, 0.5) is 11.5 Å². The molecule has 0 bridgehead atoms. The Morgan fingerprint density at radius 1 is 0.917 bits per heavy atom. The predicted molar refractivity (Wildman–Crippen MR) is 97.2 cm³/mol. The number of benzene rings is 2. The minimum Gasteiger partial charge on any atom is -0.478 e. The molecule has 24 heavy (non-hydrogen) atoms. The second-order valence-electron chi connectivity index (χ2n) is 4.77. The third kappa shape index (κ3) is 4.85. The Hall–Kier alpha value is -1.79. The number of hydrogen-bond acceptors (Lipinski definition) is 4. The first kappa shape index (κ1) is 18.5. The number of anilines is 2. The van der Waals surface area contributed by atoms with Gasteiger partial charge in [0, 0.05) is 51.2 Å². The quantitative estimate of drug-likeness (QED) is 0.675. The van der Waals surface area contributed by atoms with Crippen LogP contribution >= 0.6 is 11.8 Å². The van der Waals surface area contributed by atoms with Crippen LogP contribution in [-0.4, -0.2) is 45.6 Å². The first-order valence-corrected chi connectivity index (χ1v) is 7.82. The van der Waals surface area contributed by atoms with Crippen LogP contribution in [0.5, 0.6) is 0 Å². The summed E-state index contributed by atoms with van der Waals surface area (Å²) >= 11 is 1.67. The summed E-state index contributed by atoms with van der Waals surface area (Å²) in [6.07, 6.45) is 1.56. The Morgan fingerprint density at radius 2 is 1.58 bits per heavy atom. The second-order valence-corrected chi connectivity index (χ2v) is 5.92. The Morgan fingerprint density at radius 3 is 2.25 bits per heavy atom. The van der Waals surface area contributed by atoms with Gasteiger partial charge in [-0.2, -0.15) is 0 Å². The molecule has 6 heteroatoms.